The van der Waals surface area contributed by atoms with Crippen LogP contribution < -0.4 is 4.90 Å². The zero-order chi connectivity index (χ0) is 53.4. The SMILES string of the molecule is [2H]c1c([2H])c([2H])c(-c2c([2H])c([2H])c(N(c3cc(-c4ccc(-n5c6ccccc6c6ccccc65)cc4)c4oc5ccccc5c4c3)c3c([2H])c([2H])c(-c4c([2H])c([2H])c([2H])c([2H])c4[2H])c([2H])c3[2H])c([2H])c2[2H])c([2H])c1[2H]. The van der Waals surface area contributed by atoms with Gasteiger partial charge >= 0.3 is 0 Å². The van der Waals surface area contributed by atoms with Gasteiger partial charge in [0, 0.05) is 49.9 Å². The van der Waals surface area contributed by atoms with Gasteiger partial charge in [-0.3, -0.25) is 0 Å². The third-order valence-electron chi connectivity index (χ3n) is 9.91. The number of fused-ring (bicyclic) bond motifs is 6. The Hall–Kier alpha value is -7.62. The van der Waals surface area contributed by atoms with Gasteiger partial charge in [-0.15, -0.1) is 0 Å². The molecule has 0 saturated heterocycles. The van der Waals surface area contributed by atoms with E-state index in [1.807, 2.05) is 60.7 Å². The summed E-state index contributed by atoms with van der Waals surface area (Å²) in [6, 6.07) is 19.2. The van der Waals surface area contributed by atoms with Crippen LogP contribution in [-0.2, 0) is 0 Å². The third kappa shape index (κ3) is 5.68. The molecule has 3 heteroatoms. The number of hydrogen-bond donors (Lipinski definition) is 0. The Bertz CT molecular complexity index is 3990. The fraction of sp³-hybridized carbons (Fsp3) is 0. The number of furan rings is 1. The van der Waals surface area contributed by atoms with E-state index in [2.05, 4.69) is 16.7 Å². The molecular weight excluding hydrogens is 693 g/mol. The minimum atomic E-state index is -0.865. The molecule has 0 unspecified atom stereocenters. The molecule has 0 N–H and O–H groups in total. The van der Waals surface area contributed by atoms with E-state index in [9.17, 15) is 11.0 Å². The molecule has 0 radical (unpaired) electrons. The van der Waals surface area contributed by atoms with Gasteiger partial charge in [0.15, 0.2) is 0 Å². The number of hydrogen-bond acceptors (Lipinski definition) is 2. The molecule has 0 fully saturated rings. The molecule has 268 valence electrons. The van der Waals surface area contributed by atoms with E-state index >= 15 is 0 Å². The first kappa shape index (κ1) is 19.3. The van der Waals surface area contributed by atoms with Crippen molar-refractivity contribution in [3.63, 3.8) is 0 Å². The van der Waals surface area contributed by atoms with Crippen molar-refractivity contribution in [2.45, 2.75) is 0 Å². The van der Waals surface area contributed by atoms with Gasteiger partial charge in [0.05, 0.1) is 35.7 Å². The molecule has 2 heterocycles. The monoisotopic (exact) mass is 746 g/mol. The van der Waals surface area contributed by atoms with Gasteiger partial charge in [0.1, 0.15) is 11.2 Å². The minimum Gasteiger partial charge on any atom is -0.455 e. The molecule has 0 aliphatic rings. The maximum Gasteiger partial charge on any atom is 0.143 e. The zero-order valence-corrected chi connectivity index (χ0v) is 29.7. The lowest BCUT2D eigenvalue weighted by atomic mass is 9.99. The fourth-order valence-corrected chi connectivity index (χ4v) is 7.35. The summed E-state index contributed by atoms with van der Waals surface area (Å²) < 4.78 is 169. The van der Waals surface area contributed by atoms with Crippen LogP contribution >= 0.6 is 0 Å². The van der Waals surface area contributed by atoms with Gasteiger partial charge in [0.25, 0.3) is 0 Å². The van der Waals surface area contributed by atoms with Gasteiger partial charge in [0.2, 0.25) is 0 Å². The van der Waals surface area contributed by atoms with Crippen LogP contribution in [-0.4, -0.2) is 4.57 Å². The number of benzene rings is 9. The van der Waals surface area contributed by atoms with Crippen LogP contribution in [0.5, 0.6) is 0 Å². The van der Waals surface area contributed by atoms with E-state index in [0.29, 0.717) is 33.1 Å². The highest BCUT2D eigenvalue weighted by Gasteiger charge is 2.20. The van der Waals surface area contributed by atoms with Crippen molar-refractivity contribution in [3.8, 4) is 39.1 Å². The van der Waals surface area contributed by atoms with Gasteiger partial charge in [-0.2, -0.15) is 0 Å². The highest BCUT2D eigenvalue weighted by atomic mass is 16.3. The average Bonchev–Trinajstić information content (AvgIpc) is 3.97. The molecule has 0 aliphatic carbocycles. The summed E-state index contributed by atoms with van der Waals surface area (Å²) in [5.74, 6) is 0. The summed E-state index contributed by atoms with van der Waals surface area (Å²) in [4.78, 5) is 1.02. The standard InChI is InChI=1S/C54H36N2O/c1-3-13-37(14-4-1)39-23-29-42(30-24-39)55(43-31-25-40(26-32-43)38-15-5-2-6-16-38)45-35-49(54-50(36-45)48-19-9-12-22-53(48)57-54)41-27-33-44(34-28-41)56-51-20-10-7-17-46(51)47-18-8-11-21-52(47)56/h1-36H/i1D,2D,3D,4D,5D,6D,13D,14D,15D,16D,23D,24D,25D,26D,29D,30D,31D,32D. The van der Waals surface area contributed by atoms with Crippen molar-refractivity contribution in [1.82, 2.24) is 4.57 Å². The lowest BCUT2D eigenvalue weighted by Gasteiger charge is -2.27. The summed E-state index contributed by atoms with van der Waals surface area (Å²) in [6.45, 7) is 0. The topological polar surface area (TPSA) is 21.3 Å². The molecular formula is C54H36N2O. The molecule has 0 amide bonds. The van der Waals surface area contributed by atoms with Crippen molar-refractivity contribution in [1.29, 1.82) is 0 Å². The smallest absolute Gasteiger partial charge is 0.143 e. The third-order valence-corrected chi connectivity index (χ3v) is 9.91. The number of nitrogens with zero attached hydrogens (tertiary/aromatic N) is 2. The minimum absolute atomic E-state index is 0.0248. The Kier molecular flexibility index (Phi) is 4.60. The molecule has 11 aromatic rings. The lowest BCUT2D eigenvalue weighted by molar-refractivity contribution is 0.670. The van der Waals surface area contributed by atoms with E-state index in [1.165, 1.54) is 0 Å². The Balaban J connectivity index is 1.22. The van der Waals surface area contributed by atoms with Crippen LogP contribution in [0.25, 0.3) is 82.8 Å². The molecule has 0 bridgehead atoms. The van der Waals surface area contributed by atoms with E-state index in [0.717, 1.165) is 32.4 Å². The highest BCUT2D eigenvalue weighted by molar-refractivity contribution is 6.12. The maximum atomic E-state index is 9.65. The first-order valence-corrected chi connectivity index (χ1v) is 18.0. The Labute approximate surface area is 356 Å². The van der Waals surface area contributed by atoms with E-state index < -0.39 is 142 Å². The van der Waals surface area contributed by atoms with Crippen LogP contribution in [0, 0.1) is 0 Å². The second-order valence-corrected chi connectivity index (χ2v) is 13.2. The molecule has 57 heavy (non-hydrogen) atoms. The van der Waals surface area contributed by atoms with Crippen molar-refractivity contribution in [3.05, 3.63) is 218 Å². The van der Waals surface area contributed by atoms with Crippen LogP contribution in [0.1, 0.15) is 24.7 Å². The van der Waals surface area contributed by atoms with Gasteiger partial charge in [-0.05, 0) is 94.5 Å². The van der Waals surface area contributed by atoms with Crippen molar-refractivity contribution in [2.75, 3.05) is 4.90 Å². The molecule has 0 spiro atoms. The van der Waals surface area contributed by atoms with Crippen molar-refractivity contribution in [2.24, 2.45) is 0 Å². The predicted molar refractivity (Wildman–Crippen MR) is 239 cm³/mol. The first-order chi connectivity index (χ1) is 35.8. The highest BCUT2D eigenvalue weighted by Crippen LogP contribution is 2.44. The number of para-hydroxylation sites is 3. The fourth-order valence-electron chi connectivity index (χ4n) is 7.35. The first-order valence-electron chi connectivity index (χ1n) is 27.0. The van der Waals surface area contributed by atoms with Gasteiger partial charge in [-0.1, -0.05) is 151 Å². The Morgan fingerprint density at radius 1 is 0.404 bits per heavy atom. The quantitative estimate of drug-likeness (QED) is 0.162. The second-order valence-electron chi connectivity index (χ2n) is 13.2. The summed E-state index contributed by atoms with van der Waals surface area (Å²) in [6.07, 6.45) is 0. The van der Waals surface area contributed by atoms with Crippen LogP contribution in [0.2, 0.25) is 0 Å². The average molecular weight is 747 g/mol. The van der Waals surface area contributed by atoms with Gasteiger partial charge < -0.3 is 13.9 Å². The second kappa shape index (κ2) is 13.6. The molecule has 3 nitrogen and oxygen atoms in total. The van der Waals surface area contributed by atoms with E-state index in [1.54, 1.807) is 36.4 Å². The summed E-state index contributed by atoms with van der Waals surface area (Å²) in [7, 11) is 0. The van der Waals surface area contributed by atoms with Crippen LogP contribution in [0.4, 0.5) is 17.1 Å². The molecule has 0 saturated carbocycles. The molecule has 2 aromatic heterocycles. The number of anilines is 3. The number of rotatable bonds is 7. The number of aromatic nitrogens is 1. The maximum absolute atomic E-state index is 9.65. The van der Waals surface area contributed by atoms with Crippen molar-refractivity contribution < 1.29 is 29.1 Å². The van der Waals surface area contributed by atoms with Gasteiger partial charge in [-0.25, -0.2) is 0 Å². The summed E-state index contributed by atoms with van der Waals surface area (Å²) in [5.41, 5.74) is 0.810. The lowest BCUT2D eigenvalue weighted by Crippen LogP contribution is -2.10. The largest absolute Gasteiger partial charge is 0.455 e. The van der Waals surface area contributed by atoms with Crippen molar-refractivity contribution >= 4 is 60.8 Å². The zero-order valence-electron chi connectivity index (χ0n) is 47.7. The molecule has 11 rings (SSSR count). The molecule has 0 aliphatic heterocycles. The predicted octanol–water partition coefficient (Wildman–Crippen LogP) is 15.2. The Morgan fingerprint density at radius 2 is 0.895 bits per heavy atom. The van der Waals surface area contributed by atoms with E-state index in [-0.39, 0.29) is 5.69 Å². The normalized spacial score (nSPS) is 15.9. The summed E-state index contributed by atoms with van der Waals surface area (Å²) >= 11 is 0. The Morgan fingerprint density at radius 3 is 1.46 bits per heavy atom. The van der Waals surface area contributed by atoms with Crippen LogP contribution in [0.15, 0.2) is 222 Å². The van der Waals surface area contributed by atoms with E-state index in [4.69, 9.17) is 18.1 Å². The molecule has 9 aromatic carbocycles. The summed E-state index contributed by atoms with van der Waals surface area (Å²) in [5, 5.41) is 3.15. The van der Waals surface area contributed by atoms with Crippen LogP contribution in [0.3, 0.4) is 0 Å². The molecule has 0 atom stereocenters.